The second-order valence-electron chi connectivity index (χ2n) is 6.41. The summed E-state index contributed by atoms with van der Waals surface area (Å²) in [5.74, 6) is 0.783. The fourth-order valence-electron chi connectivity index (χ4n) is 3.01. The molecule has 0 fully saturated rings. The van der Waals surface area contributed by atoms with Gasteiger partial charge in [0, 0.05) is 17.0 Å². The Morgan fingerprint density at radius 3 is 2.75 bits per heavy atom. The number of fused-ring (bicyclic) bond motifs is 2. The van der Waals surface area contributed by atoms with Crippen LogP contribution in [0.25, 0.3) is 21.9 Å². The molecule has 0 aliphatic rings. The van der Waals surface area contributed by atoms with Crippen LogP contribution in [-0.2, 0) is 11.3 Å². The van der Waals surface area contributed by atoms with E-state index in [1.807, 2.05) is 35.0 Å². The summed E-state index contributed by atoms with van der Waals surface area (Å²) in [7, 11) is 0. The van der Waals surface area contributed by atoms with E-state index < -0.39 is 0 Å². The number of carbonyl (C=O) groups is 1. The van der Waals surface area contributed by atoms with Gasteiger partial charge in [0.05, 0.1) is 10.9 Å². The molecule has 7 heteroatoms. The van der Waals surface area contributed by atoms with Crippen molar-refractivity contribution in [2.75, 3.05) is 11.9 Å². The number of para-hydroxylation sites is 1. The molecule has 0 aliphatic carbocycles. The van der Waals surface area contributed by atoms with Crippen LogP contribution in [-0.4, -0.2) is 27.3 Å². The van der Waals surface area contributed by atoms with Gasteiger partial charge >= 0.3 is 0 Å². The van der Waals surface area contributed by atoms with Crippen molar-refractivity contribution in [3.8, 4) is 5.75 Å². The van der Waals surface area contributed by atoms with Crippen LogP contribution in [0.3, 0.4) is 0 Å². The molecule has 0 aliphatic heterocycles. The molecule has 0 bridgehead atoms. The molecule has 4 rings (SSSR count). The van der Waals surface area contributed by atoms with Crippen molar-refractivity contribution in [3.63, 3.8) is 0 Å². The van der Waals surface area contributed by atoms with Crippen LogP contribution >= 0.6 is 11.6 Å². The molecule has 142 valence electrons. The smallest absolute Gasteiger partial charge is 0.263 e. The topological polar surface area (TPSA) is 69.0 Å². The van der Waals surface area contributed by atoms with Gasteiger partial charge in [-0.25, -0.2) is 9.67 Å². The lowest BCUT2D eigenvalue weighted by Crippen LogP contribution is -2.20. The minimum absolute atomic E-state index is 0.120. The molecule has 28 heavy (non-hydrogen) atoms. The Morgan fingerprint density at radius 2 is 1.96 bits per heavy atom. The first-order chi connectivity index (χ1) is 13.6. The number of aromatic nitrogens is 3. The molecule has 0 saturated carbocycles. The average molecular weight is 395 g/mol. The highest BCUT2D eigenvalue weighted by Crippen LogP contribution is 2.26. The van der Waals surface area contributed by atoms with Gasteiger partial charge in [0.1, 0.15) is 5.75 Å². The number of anilines is 1. The Labute approximate surface area is 167 Å². The molecule has 2 aromatic carbocycles. The molecular formula is C21H19ClN4O2. The number of benzene rings is 2. The summed E-state index contributed by atoms with van der Waals surface area (Å²) in [5.41, 5.74) is 1.66. The second kappa shape index (κ2) is 7.86. The summed E-state index contributed by atoms with van der Waals surface area (Å²) in [5, 5.41) is 9.83. The predicted octanol–water partition coefficient (Wildman–Crippen LogP) is 4.67. The van der Waals surface area contributed by atoms with E-state index in [-0.39, 0.29) is 12.5 Å². The first kappa shape index (κ1) is 18.3. The Hall–Kier alpha value is -3.12. The minimum atomic E-state index is -0.286. The number of carbonyl (C=O) groups excluding carboxylic acids is 1. The van der Waals surface area contributed by atoms with Crippen molar-refractivity contribution in [2.45, 2.75) is 19.9 Å². The highest BCUT2D eigenvalue weighted by atomic mass is 35.5. The Kier molecular flexibility index (Phi) is 5.12. The van der Waals surface area contributed by atoms with Crippen molar-refractivity contribution in [1.29, 1.82) is 0 Å². The van der Waals surface area contributed by atoms with Crippen LogP contribution in [0, 0.1) is 0 Å². The SMILES string of the molecule is CCCn1nc(NC(=O)COc2ccc(Cl)cc2)c2cc3ccccc3nc21. The number of nitrogens with one attached hydrogen (secondary N) is 1. The molecule has 1 amide bonds. The molecule has 0 saturated heterocycles. The Balaban J connectivity index is 1.59. The molecule has 0 atom stereocenters. The highest BCUT2D eigenvalue weighted by Gasteiger charge is 2.15. The van der Waals surface area contributed by atoms with Gasteiger partial charge in [-0.2, -0.15) is 5.10 Å². The van der Waals surface area contributed by atoms with Gasteiger partial charge in [-0.05, 0) is 42.8 Å². The molecule has 0 unspecified atom stereocenters. The van der Waals surface area contributed by atoms with Crippen molar-refractivity contribution in [2.24, 2.45) is 0 Å². The van der Waals surface area contributed by atoms with Crippen molar-refractivity contribution in [3.05, 3.63) is 59.6 Å². The lowest BCUT2D eigenvalue weighted by atomic mass is 10.2. The van der Waals surface area contributed by atoms with E-state index in [1.54, 1.807) is 24.3 Å². The van der Waals surface area contributed by atoms with E-state index in [2.05, 4.69) is 17.3 Å². The van der Waals surface area contributed by atoms with E-state index in [0.717, 1.165) is 34.9 Å². The number of halogens is 1. The van der Waals surface area contributed by atoms with Gasteiger partial charge in [0.25, 0.3) is 5.91 Å². The Bertz CT molecular complexity index is 1140. The summed E-state index contributed by atoms with van der Waals surface area (Å²) in [6.07, 6.45) is 0.915. The highest BCUT2D eigenvalue weighted by molar-refractivity contribution is 6.30. The molecule has 0 spiro atoms. The van der Waals surface area contributed by atoms with Crippen LogP contribution in [0.15, 0.2) is 54.6 Å². The monoisotopic (exact) mass is 394 g/mol. The quantitative estimate of drug-likeness (QED) is 0.516. The van der Waals surface area contributed by atoms with Crippen LogP contribution < -0.4 is 10.1 Å². The second-order valence-corrected chi connectivity index (χ2v) is 6.85. The summed E-state index contributed by atoms with van der Waals surface area (Å²) >= 11 is 5.86. The molecule has 4 aromatic rings. The summed E-state index contributed by atoms with van der Waals surface area (Å²) in [4.78, 5) is 17.1. The maximum atomic E-state index is 12.4. The number of ether oxygens (including phenoxy) is 1. The normalized spacial score (nSPS) is 11.1. The van der Waals surface area contributed by atoms with Crippen LogP contribution in [0.1, 0.15) is 13.3 Å². The van der Waals surface area contributed by atoms with Gasteiger partial charge in [-0.1, -0.05) is 36.7 Å². The van der Waals surface area contributed by atoms with Gasteiger partial charge < -0.3 is 10.1 Å². The first-order valence-electron chi connectivity index (χ1n) is 9.08. The lowest BCUT2D eigenvalue weighted by Gasteiger charge is -2.06. The first-order valence-corrected chi connectivity index (χ1v) is 9.46. The molecule has 1 N–H and O–H groups in total. The third-order valence-corrected chi connectivity index (χ3v) is 4.55. The van der Waals surface area contributed by atoms with E-state index in [9.17, 15) is 4.79 Å². The maximum Gasteiger partial charge on any atom is 0.263 e. The lowest BCUT2D eigenvalue weighted by molar-refractivity contribution is -0.118. The third-order valence-electron chi connectivity index (χ3n) is 4.30. The molecule has 0 radical (unpaired) electrons. The maximum absolute atomic E-state index is 12.4. The number of nitrogens with zero attached hydrogens (tertiary/aromatic N) is 3. The molecule has 6 nitrogen and oxygen atoms in total. The zero-order chi connectivity index (χ0) is 19.5. The van der Waals surface area contributed by atoms with E-state index in [1.165, 1.54) is 0 Å². The standard InChI is InChI=1S/C21H19ClN4O2/c1-2-11-26-21-17(12-14-5-3-4-6-18(14)23-21)20(25-26)24-19(27)13-28-16-9-7-15(22)8-10-16/h3-10,12H,2,11,13H2,1H3,(H,24,25,27). The van der Waals surface area contributed by atoms with E-state index in [0.29, 0.717) is 16.6 Å². The zero-order valence-corrected chi connectivity index (χ0v) is 16.1. The average Bonchev–Trinajstić information content (AvgIpc) is 3.02. The van der Waals surface area contributed by atoms with Gasteiger partial charge in [0.2, 0.25) is 0 Å². The van der Waals surface area contributed by atoms with Crippen LogP contribution in [0.5, 0.6) is 5.75 Å². The number of amides is 1. The summed E-state index contributed by atoms with van der Waals surface area (Å²) in [6, 6.07) is 16.8. The van der Waals surface area contributed by atoms with Gasteiger partial charge in [-0.15, -0.1) is 0 Å². The number of hydrogen-bond donors (Lipinski definition) is 1. The fraction of sp³-hybridized carbons (Fsp3) is 0.190. The molecular weight excluding hydrogens is 376 g/mol. The summed E-state index contributed by atoms with van der Waals surface area (Å²) < 4.78 is 7.34. The minimum Gasteiger partial charge on any atom is -0.484 e. The third kappa shape index (κ3) is 3.77. The van der Waals surface area contributed by atoms with Gasteiger partial charge in [0.15, 0.2) is 18.1 Å². The summed E-state index contributed by atoms with van der Waals surface area (Å²) in [6.45, 7) is 2.68. The molecule has 2 aromatic heterocycles. The zero-order valence-electron chi connectivity index (χ0n) is 15.4. The number of aryl methyl sites for hydroxylation is 1. The van der Waals surface area contributed by atoms with Crippen molar-refractivity contribution >= 4 is 45.3 Å². The fourth-order valence-corrected chi connectivity index (χ4v) is 3.13. The van der Waals surface area contributed by atoms with Gasteiger partial charge in [-0.3, -0.25) is 4.79 Å². The van der Waals surface area contributed by atoms with Crippen LogP contribution in [0.4, 0.5) is 5.82 Å². The Morgan fingerprint density at radius 1 is 1.18 bits per heavy atom. The van der Waals surface area contributed by atoms with Crippen molar-refractivity contribution < 1.29 is 9.53 Å². The number of rotatable bonds is 6. The van der Waals surface area contributed by atoms with E-state index >= 15 is 0 Å². The van der Waals surface area contributed by atoms with Crippen LogP contribution in [0.2, 0.25) is 5.02 Å². The van der Waals surface area contributed by atoms with Crippen molar-refractivity contribution in [1.82, 2.24) is 14.8 Å². The molecule has 2 heterocycles. The number of hydrogen-bond acceptors (Lipinski definition) is 4. The predicted molar refractivity (Wildman–Crippen MR) is 111 cm³/mol. The largest absolute Gasteiger partial charge is 0.484 e. The number of pyridine rings is 1. The van der Waals surface area contributed by atoms with E-state index in [4.69, 9.17) is 21.3 Å².